The van der Waals surface area contributed by atoms with Gasteiger partial charge in [0.1, 0.15) is 6.04 Å². The number of carbonyl (C=O) groups excluding carboxylic acids is 2. The molecule has 5 rings (SSSR count). The Hall–Kier alpha value is -3.72. The first kappa shape index (κ1) is 28.8. The summed E-state index contributed by atoms with van der Waals surface area (Å²) < 4.78 is 0. The molecule has 2 aliphatic heterocycles. The first-order valence-corrected chi connectivity index (χ1v) is 14.7. The van der Waals surface area contributed by atoms with Crippen molar-refractivity contribution in [3.05, 3.63) is 78.1 Å². The van der Waals surface area contributed by atoms with E-state index in [4.69, 9.17) is 0 Å². The molecule has 2 saturated heterocycles. The standard InChI is InChI=1S/C32H43N7O2/c1-32(2,3)25-7-9-28(10-8-25)39(21-27-19-34-22-35-27)29(23-6-5-14-33-18-23)30(40)36-26-12-16-38(17-13-26)31(41)24-11-15-37(4)20-24/h5-10,14,18-19,22,24,26,29H,11-13,15-17,20-21H2,1-4H3,(H,34,35)(H,36,40). The number of hydrogen-bond donors (Lipinski definition) is 2. The Labute approximate surface area is 243 Å². The SMILES string of the molecule is CN1CCC(C(=O)N2CCC(NC(=O)C(c3cccnc3)N(Cc3cnc[nH]3)c3ccc(C(C)(C)C)cc3)CC2)C1. The van der Waals surface area contributed by atoms with Crippen molar-refractivity contribution in [2.24, 2.45) is 5.92 Å². The number of rotatable bonds is 8. The Balaban J connectivity index is 1.35. The molecule has 2 fully saturated rings. The molecule has 41 heavy (non-hydrogen) atoms. The molecule has 0 aliphatic carbocycles. The molecule has 2 aliphatic rings. The van der Waals surface area contributed by atoms with Gasteiger partial charge in [0.25, 0.3) is 0 Å². The summed E-state index contributed by atoms with van der Waals surface area (Å²) in [5.41, 5.74) is 3.93. The molecule has 2 aromatic heterocycles. The van der Waals surface area contributed by atoms with Crippen LogP contribution in [0.4, 0.5) is 5.69 Å². The number of pyridine rings is 1. The Morgan fingerprint density at radius 2 is 1.80 bits per heavy atom. The van der Waals surface area contributed by atoms with E-state index in [-0.39, 0.29) is 29.2 Å². The van der Waals surface area contributed by atoms with Crippen molar-refractivity contribution in [3.8, 4) is 0 Å². The average Bonchev–Trinajstić information content (AvgIpc) is 3.65. The summed E-state index contributed by atoms with van der Waals surface area (Å²) in [5, 5.41) is 3.34. The van der Waals surface area contributed by atoms with Crippen molar-refractivity contribution in [3.63, 3.8) is 0 Å². The average molecular weight is 558 g/mol. The van der Waals surface area contributed by atoms with Crippen LogP contribution in [-0.4, -0.2) is 75.8 Å². The van der Waals surface area contributed by atoms with E-state index in [2.05, 4.69) is 82.2 Å². The van der Waals surface area contributed by atoms with Crippen molar-refractivity contribution in [1.29, 1.82) is 0 Å². The smallest absolute Gasteiger partial charge is 0.247 e. The van der Waals surface area contributed by atoms with Gasteiger partial charge in [-0.05, 0) is 62.0 Å². The number of carbonyl (C=O) groups is 2. The molecule has 3 aromatic rings. The second-order valence-corrected chi connectivity index (χ2v) is 12.5. The zero-order valence-corrected chi connectivity index (χ0v) is 24.7. The molecule has 4 heterocycles. The molecule has 2 N–H and O–H groups in total. The zero-order valence-electron chi connectivity index (χ0n) is 24.7. The van der Waals surface area contributed by atoms with Gasteiger partial charge < -0.3 is 25.0 Å². The summed E-state index contributed by atoms with van der Waals surface area (Å²) in [6, 6.07) is 11.7. The fourth-order valence-electron chi connectivity index (χ4n) is 5.97. The van der Waals surface area contributed by atoms with E-state index in [1.807, 2.05) is 17.0 Å². The van der Waals surface area contributed by atoms with Crippen molar-refractivity contribution in [2.45, 2.75) is 64.1 Å². The van der Waals surface area contributed by atoms with Crippen LogP contribution in [0.5, 0.6) is 0 Å². The summed E-state index contributed by atoms with van der Waals surface area (Å²) in [6.07, 6.45) is 9.39. The summed E-state index contributed by atoms with van der Waals surface area (Å²) in [4.78, 5) is 45.3. The molecule has 0 radical (unpaired) electrons. The minimum absolute atomic E-state index is 0.00856. The highest BCUT2D eigenvalue weighted by atomic mass is 16.2. The number of amides is 2. The van der Waals surface area contributed by atoms with Gasteiger partial charge >= 0.3 is 0 Å². The highest BCUT2D eigenvalue weighted by Crippen LogP contribution is 2.32. The lowest BCUT2D eigenvalue weighted by Gasteiger charge is -2.37. The fourth-order valence-corrected chi connectivity index (χ4v) is 5.97. The van der Waals surface area contributed by atoms with Crippen LogP contribution >= 0.6 is 0 Å². The second kappa shape index (κ2) is 12.4. The van der Waals surface area contributed by atoms with Gasteiger partial charge in [0.05, 0.1) is 24.5 Å². The number of anilines is 1. The van der Waals surface area contributed by atoms with Crippen LogP contribution in [0.25, 0.3) is 0 Å². The Kier molecular flexibility index (Phi) is 8.73. The molecule has 2 atom stereocenters. The third-order valence-corrected chi connectivity index (χ3v) is 8.41. The van der Waals surface area contributed by atoms with Gasteiger partial charge in [-0.15, -0.1) is 0 Å². The van der Waals surface area contributed by atoms with E-state index >= 15 is 0 Å². The summed E-state index contributed by atoms with van der Waals surface area (Å²) in [6.45, 7) is 10.2. The fraction of sp³-hybridized carbons (Fsp3) is 0.500. The number of nitrogens with one attached hydrogen (secondary N) is 2. The van der Waals surface area contributed by atoms with Crippen LogP contribution in [0.15, 0.2) is 61.3 Å². The van der Waals surface area contributed by atoms with Crippen molar-refractivity contribution >= 4 is 17.5 Å². The number of likely N-dealkylation sites (tertiary alicyclic amines) is 2. The van der Waals surface area contributed by atoms with E-state index in [1.54, 1.807) is 24.9 Å². The van der Waals surface area contributed by atoms with E-state index in [9.17, 15) is 9.59 Å². The predicted molar refractivity (Wildman–Crippen MR) is 160 cm³/mol. The predicted octanol–water partition coefficient (Wildman–Crippen LogP) is 3.91. The molecule has 2 amide bonds. The molecule has 0 bridgehead atoms. The molecule has 9 nitrogen and oxygen atoms in total. The van der Waals surface area contributed by atoms with Gasteiger partial charge in [0, 0.05) is 55.5 Å². The number of benzene rings is 1. The molecule has 218 valence electrons. The van der Waals surface area contributed by atoms with Gasteiger partial charge in [0.15, 0.2) is 0 Å². The van der Waals surface area contributed by atoms with Crippen LogP contribution in [-0.2, 0) is 21.5 Å². The van der Waals surface area contributed by atoms with Crippen molar-refractivity contribution in [1.82, 2.24) is 30.1 Å². The number of piperidine rings is 1. The minimum atomic E-state index is -0.596. The van der Waals surface area contributed by atoms with Gasteiger partial charge in [-0.1, -0.05) is 39.0 Å². The molecular formula is C32H43N7O2. The number of nitrogens with zero attached hydrogens (tertiary/aromatic N) is 5. The number of H-pyrrole nitrogens is 1. The van der Waals surface area contributed by atoms with E-state index in [0.29, 0.717) is 19.6 Å². The van der Waals surface area contributed by atoms with Gasteiger partial charge in [-0.25, -0.2) is 4.98 Å². The summed E-state index contributed by atoms with van der Waals surface area (Å²) in [7, 11) is 2.07. The number of imidazole rings is 1. The normalized spacial score (nSPS) is 19.2. The maximum Gasteiger partial charge on any atom is 0.247 e. The van der Waals surface area contributed by atoms with Crippen LogP contribution in [0.2, 0.25) is 0 Å². The topological polar surface area (TPSA) is 97.5 Å². The van der Waals surface area contributed by atoms with Crippen LogP contribution < -0.4 is 10.2 Å². The molecule has 1 aromatic carbocycles. The number of aromatic nitrogens is 3. The van der Waals surface area contributed by atoms with Crippen molar-refractivity contribution < 1.29 is 9.59 Å². The monoisotopic (exact) mass is 557 g/mol. The number of aromatic amines is 1. The summed E-state index contributed by atoms with van der Waals surface area (Å²) in [5.74, 6) is 0.290. The lowest BCUT2D eigenvalue weighted by molar-refractivity contribution is -0.136. The van der Waals surface area contributed by atoms with Gasteiger partial charge in [-0.2, -0.15) is 0 Å². The van der Waals surface area contributed by atoms with E-state index in [0.717, 1.165) is 49.3 Å². The Morgan fingerprint density at radius 1 is 1.05 bits per heavy atom. The first-order valence-electron chi connectivity index (χ1n) is 14.7. The molecule has 0 spiro atoms. The van der Waals surface area contributed by atoms with E-state index in [1.165, 1.54) is 5.56 Å². The summed E-state index contributed by atoms with van der Waals surface area (Å²) >= 11 is 0. The van der Waals surface area contributed by atoms with E-state index < -0.39 is 6.04 Å². The lowest BCUT2D eigenvalue weighted by atomic mass is 9.87. The Morgan fingerprint density at radius 3 is 2.39 bits per heavy atom. The molecule has 2 unspecified atom stereocenters. The molecular weight excluding hydrogens is 514 g/mol. The molecule has 0 saturated carbocycles. The third kappa shape index (κ3) is 6.96. The molecule has 9 heteroatoms. The second-order valence-electron chi connectivity index (χ2n) is 12.5. The highest BCUT2D eigenvalue weighted by Gasteiger charge is 2.34. The maximum absolute atomic E-state index is 14.1. The largest absolute Gasteiger partial charge is 0.351 e. The van der Waals surface area contributed by atoms with Crippen LogP contribution in [0.1, 0.15) is 62.9 Å². The third-order valence-electron chi connectivity index (χ3n) is 8.41. The maximum atomic E-state index is 14.1. The van der Waals surface area contributed by atoms with Gasteiger partial charge in [0.2, 0.25) is 11.8 Å². The van der Waals surface area contributed by atoms with Gasteiger partial charge in [-0.3, -0.25) is 14.6 Å². The zero-order chi connectivity index (χ0) is 29.0. The minimum Gasteiger partial charge on any atom is -0.351 e. The lowest BCUT2D eigenvalue weighted by Crippen LogP contribution is -2.50. The Bertz CT molecular complexity index is 1280. The first-order chi connectivity index (χ1) is 19.7. The van der Waals surface area contributed by atoms with Crippen molar-refractivity contribution in [2.75, 3.05) is 38.1 Å². The number of hydrogen-bond acceptors (Lipinski definition) is 6. The van der Waals surface area contributed by atoms with Crippen LogP contribution in [0.3, 0.4) is 0 Å². The van der Waals surface area contributed by atoms with Crippen LogP contribution in [0, 0.1) is 5.92 Å². The quantitative estimate of drug-likeness (QED) is 0.436. The highest BCUT2D eigenvalue weighted by molar-refractivity contribution is 5.87.